The summed E-state index contributed by atoms with van der Waals surface area (Å²) in [5, 5.41) is 3.53. The molecule has 1 atom stereocenters. The zero-order valence-corrected chi connectivity index (χ0v) is 14.2. The molecule has 0 bridgehead atoms. The maximum absolute atomic E-state index is 13.6. The Hall–Kier alpha value is -1.36. The molecule has 1 heterocycles. The molecule has 1 unspecified atom stereocenters. The third-order valence-corrected chi connectivity index (χ3v) is 5.24. The molecule has 1 aliphatic rings. The summed E-state index contributed by atoms with van der Waals surface area (Å²) in [4.78, 5) is 1.27. The smallest absolute Gasteiger partial charge is 0.123 e. The maximum Gasteiger partial charge on any atom is 0.123 e. The van der Waals surface area contributed by atoms with Crippen LogP contribution in [0.2, 0.25) is 0 Å². The second-order valence-electron chi connectivity index (χ2n) is 6.04. The topological polar surface area (TPSA) is 21.3 Å². The van der Waals surface area contributed by atoms with E-state index in [1.807, 2.05) is 6.07 Å². The zero-order chi connectivity index (χ0) is 16.1. The van der Waals surface area contributed by atoms with Gasteiger partial charge in [-0.15, -0.1) is 11.8 Å². The largest absolute Gasteiger partial charge is 0.380 e. The molecule has 122 valence electrons. The molecular weight excluding hydrogens is 309 g/mol. The van der Waals surface area contributed by atoms with E-state index in [0.717, 1.165) is 31.7 Å². The first-order chi connectivity index (χ1) is 11.2. The van der Waals surface area contributed by atoms with Gasteiger partial charge in [-0.1, -0.05) is 24.3 Å². The third-order valence-electron chi connectivity index (χ3n) is 4.49. The summed E-state index contributed by atoms with van der Waals surface area (Å²) in [6.45, 7) is 2.99. The van der Waals surface area contributed by atoms with Gasteiger partial charge < -0.3 is 10.1 Å². The molecule has 23 heavy (non-hydrogen) atoms. The predicted molar refractivity (Wildman–Crippen MR) is 93.4 cm³/mol. The van der Waals surface area contributed by atoms with E-state index < -0.39 is 0 Å². The molecule has 0 spiro atoms. The predicted octanol–water partition coefficient (Wildman–Crippen LogP) is 4.00. The molecule has 0 radical (unpaired) electrons. The minimum absolute atomic E-state index is 0.124. The highest BCUT2D eigenvalue weighted by atomic mass is 32.2. The number of benzene rings is 2. The molecule has 3 rings (SSSR count). The van der Waals surface area contributed by atoms with Gasteiger partial charge in [0, 0.05) is 30.0 Å². The van der Waals surface area contributed by atoms with Crippen molar-refractivity contribution >= 4 is 11.8 Å². The normalized spacial score (nSPS) is 20.8. The summed E-state index contributed by atoms with van der Waals surface area (Å²) >= 11 is 1.75. The number of ether oxygens (including phenoxy) is 1. The Bertz CT molecular complexity index is 638. The van der Waals surface area contributed by atoms with Gasteiger partial charge in [-0.25, -0.2) is 4.39 Å². The van der Waals surface area contributed by atoms with Crippen molar-refractivity contribution in [1.82, 2.24) is 5.32 Å². The fourth-order valence-electron chi connectivity index (χ4n) is 3.08. The Balaban J connectivity index is 1.66. The lowest BCUT2D eigenvalue weighted by atomic mass is 9.79. The summed E-state index contributed by atoms with van der Waals surface area (Å²) < 4.78 is 19.2. The number of hydrogen-bond donors (Lipinski definition) is 1. The van der Waals surface area contributed by atoms with Crippen LogP contribution >= 0.6 is 11.8 Å². The molecule has 0 amide bonds. The quantitative estimate of drug-likeness (QED) is 0.809. The lowest BCUT2D eigenvalue weighted by molar-refractivity contribution is 0.176. The van der Waals surface area contributed by atoms with Gasteiger partial charge in [-0.2, -0.15) is 0 Å². The first-order valence-electron chi connectivity index (χ1n) is 7.89. The maximum atomic E-state index is 13.6. The van der Waals surface area contributed by atoms with E-state index in [1.54, 1.807) is 23.9 Å². The number of nitrogens with one attached hydrogen (secondary N) is 1. The van der Waals surface area contributed by atoms with Crippen molar-refractivity contribution in [2.75, 3.05) is 26.0 Å². The summed E-state index contributed by atoms with van der Waals surface area (Å²) in [7, 11) is 0. The monoisotopic (exact) mass is 331 g/mol. The van der Waals surface area contributed by atoms with E-state index in [1.165, 1.54) is 16.5 Å². The first-order valence-corrected chi connectivity index (χ1v) is 9.12. The number of halogens is 1. The Morgan fingerprint density at radius 3 is 2.70 bits per heavy atom. The van der Waals surface area contributed by atoms with Crippen LogP contribution in [-0.2, 0) is 16.7 Å². The minimum atomic E-state index is -0.179. The Morgan fingerprint density at radius 2 is 2.04 bits per heavy atom. The second kappa shape index (κ2) is 7.47. The van der Waals surface area contributed by atoms with Crippen molar-refractivity contribution in [3.05, 3.63) is 65.5 Å². The Kier molecular flexibility index (Phi) is 5.36. The van der Waals surface area contributed by atoms with Crippen molar-refractivity contribution in [1.29, 1.82) is 0 Å². The average molecular weight is 331 g/mol. The zero-order valence-electron chi connectivity index (χ0n) is 13.3. The van der Waals surface area contributed by atoms with Gasteiger partial charge in [0.25, 0.3) is 0 Å². The van der Waals surface area contributed by atoms with E-state index in [-0.39, 0.29) is 11.2 Å². The summed E-state index contributed by atoms with van der Waals surface area (Å²) in [6, 6.07) is 15.5. The van der Waals surface area contributed by atoms with E-state index >= 15 is 0 Å². The number of hydrogen-bond acceptors (Lipinski definition) is 3. The summed E-state index contributed by atoms with van der Waals surface area (Å²) in [6.07, 6.45) is 3.00. The molecule has 1 N–H and O–H groups in total. The fraction of sp³-hybridized carbons (Fsp3) is 0.368. The lowest BCUT2D eigenvalue weighted by Gasteiger charge is -2.28. The van der Waals surface area contributed by atoms with Gasteiger partial charge in [0.15, 0.2) is 0 Å². The summed E-state index contributed by atoms with van der Waals surface area (Å²) in [5.41, 5.74) is 2.16. The van der Waals surface area contributed by atoms with Crippen LogP contribution in [0.15, 0.2) is 53.4 Å². The standard InChI is InChI=1S/C19H22FNOS/c1-23-18-7-5-15(6-8-18)12-21-13-19(9-10-22-14-19)16-3-2-4-17(20)11-16/h2-8,11,21H,9-10,12-14H2,1H3. The van der Waals surface area contributed by atoms with Crippen LogP contribution in [-0.4, -0.2) is 26.0 Å². The SMILES string of the molecule is CSc1ccc(CNCC2(c3cccc(F)c3)CCOC2)cc1. The highest BCUT2D eigenvalue weighted by molar-refractivity contribution is 7.98. The molecule has 4 heteroatoms. The van der Waals surface area contributed by atoms with Crippen molar-refractivity contribution in [3.8, 4) is 0 Å². The van der Waals surface area contributed by atoms with Crippen molar-refractivity contribution in [3.63, 3.8) is 0 Å². The van der Waals surface area contributed by atoms with E-state index in [0.29, 0.717) is 6.61 Å². The Morgan fingerprint density at radius 1 is 1.22 bits per heavy atom. The first kappa shape index (κ1) is 16.5. The van der Waals surface area contributed by atoms with Crippen molar-refractivity contribution < 1.29 is 9.13 Å². The fourth-order valence-corrected chi connectivity index (χ4v) is 3.49. The average Bonchev–Trinajstić information content (AvgIpc) is 3.06. The molecule has 0 saturated carbocycles. The molecule has 1 fully saturated rings. The van der Waals surface area contributed by atoms with Crippen molar-refractivity contribution in [2.45, 2.75) is 23.3 Å². The van der Waals surface area contributed by atoms with Crippen LogP contribution < -0.4 is 5.32 Å². The molecular formula is C19H22FNOS. The van der Waals surface area contributed by atoms with Crippen molar-refractivity contribution in [2.24, 2.45) is 0 Å². The van der Waals surface area contributed by atoms with Crippen LogP contribution in [0.4, 0.5) is 4.39 Å². The molecule has 1 aliphatic heterocycles. The third kappa shape index (κ3) is 3.94. The Labute approximate surface area is 141 Å². The van der Waals surface area contributed by atoms with Gasteiger partial charge in [-0.05, 0) is 48.1 Å². The van der Waals surface area contributed by atoms with Crippen LogP contribution in [0.25, 0.3) is 0 Å². The highest BCUT2D eigenvalue weighted by Crippen LogP contribution is 2.33. The lowest BCUT2D eigenvalue weighted by Crippen LogP contribution is -2.38. The van der Waals surface area contributed by atoms with Gasteiger partial charge in [0.2, 0.25) is 0 Å². The molecule has 0 aromatic heterocycles. The second-order valence-corrected chi connectivity index (χ2v) is 6.92. The van der Waals surface area contributed by atoms with Crippen LogP contribution in [0.5, 0.6) is 0 Å². The van der Waals surface area contributed by atoms with Gasteiger partial charge in [0.1, 0.15) is 5.82 Å². The summed E-state index contributed by atoms with van der Waals surface area (Å²) in [5.74, 6) is -0.179. The van der Waals surface area contributed by atoms with Gasteiger partial charge >= 0.3 is 0 Å². The molecule has 2 aromatic rings. The molecule has 2 aromatic carbocycles. The minimum Gasteiger partial charge on any atom is -0.380 e. The van der Waals surface area contributed by atoms with Gasteiger partial charge in [-0.3, -0.25) is 0 Å². The van der Waals surface area contributed by atoms with Gasteiger partial charge in [0.05, 0.1) is 6.61 Å². The number of thioether (sulfide) groups is 1. The van der Waals surface area contributed by atoms with Crippen LogP contribution in [0, 0.1) is 5.82 Å². The van der Waals surface area contributed by atoms with E-state index in [4.69, 9.17) is 4.74 Å². The highest BCUT2D eigenvalue weighted by Gasteiger charge is 2.36. The molecule has 2 nitrogen and oxygen atoms in total. The van der Waals surface area contributed by atoms with Crippen LogP contribution in [0.3, 0.4) is 0 Å². The van der Waals surface area contributed by atoms with E-state index in [9.17, 15) is 4.39 Å². The van der Waals surface area contributed by atoms with Crippen LogP contribution in [0.1, 0.15) is 17.5 Å². The molecule has 1 saturated heterocycles. The van der Waals surface area contributed by atoms with E-state index in [2.05, 4.69) is 35.8 Å². The number of rotatable bonds is 6. The molecule has 0 aliphatic carbocycles.